The fourth-order valence-electron chi connectivity index (χ4n) is 2.88. The highest BCUT2D eigenvalue weighted by Crippen LogP contribution is 2.39. The summed E-state index contributed by atoms with van der Waals surface area (Å²) in [5.74, 6) is -0.292. The van der Waals surface area contributed by atoms with Crippen molar-refractivity contribution in [2.75, 3.05) is 0 Å². The zero-order valence-electron chi connectivity index (χ0n) is 10.3. The van der Waals surface area contributed by atoms with Crippen molar-refractivity contribution in [3.63, 3.8) is 0 Å². The number of hydrogen-bond donors (Lipinski definition) is 1. The second-order valence-corrected chi connectivity index (χ2v) is 5.11. The third-order valence-corrected chi connectivity index (χ3v) is 3.79. The summed E-state index contributed by atoms with van der Waals surface area (Å²) in [4.78, 5) is 0. The van der Waals surface area contributed by atoms with E-state index >= 15 is 0 Å². The Morgan fingerprint density at radius 3 is 2.28 bits per heavy atom. The first-order chi connectivity index (χ1) is 8.58. The molecular weight excluding hydrogens is 227 g/mol. The number of aliphatic hydroxyl groups is 1. The van der Waals surface area contributed by atoms with Crippen molar-refractivity contribution in [1.29, 1.82) is 0 Å². The number of fused-ring (bicyclic) bond motifs is 1. The first-order valence-corrected chi connectivity index (χ1v) is 6.14. The van der Waals surface area contributed by atoms with Crippen molar-refractivity contribution < 1.29 is 9.50 Å². The van der Waals surface area contributed by atoms with E-state index in [9.17, 15) is 9.50 Å². The highest BCUT2D eigenvalue weighted by atomic mass is 19.1. The molecule has 0 saturated heterocycles. The van der Waals surface area contributed by atoms with Crippen LogP contribution in [0.5, 0.6) is 0 Å². The molecule has 1 N–H and O–H groups in total. The van der Waals surface area contributed by atoms with Crippen molar-refractivity contribution >= 4 is 0 Å². The molecule has 0 spiro atoms. The smallest absolute Gasteiger partial charge is 0.123 e. The van der Waals surface area contributed by atoms with Gasteiger partial charge in [-0.1, -0.05) is 30.3 Å². The monoisotopic (exact) mass is 242 g/mol. The Hall–Kier alpha value is -1.67. The average molecular weight is 242 g/mol. The summed E-state index contributed by atoms with van der Waals surface area (Å²) in [7, 11) is 0. The van der Waals surface area contributed by atoms with Gasteiger partial charge < -0.3 is 5.11 Å². The molecule has 2 heteroatoms. The molecule has 2 aromatic carbocycles. The molecule has 0 unspecified atom stereocenters. The summed E-state index contributed by atoms with van der Waals surface area (Å²) in [6.07, 6.45) is 1.13. The van der Waals surface area contributed by atoms with E-state index in [0.717, 1.165) is 16.7 Å². The fourth-order valence-corrected chi connectivity index (χ4v) is 2.88. The van der Waals surface area contributed by atoms with Crippen LogP contribution in [-0.4, -0.2) is 5.11 Å². The zero-order valence-corrected chi connectivity index (χ0v) is 10.3. The summed E-state index contributed by atoms with van der Waals surface area (Å²) in [5.41, 5.74) is 2.99. The van der Waals surface area contributed by atoms with E-state index < -0.39 is 5.60 Å². The van der Waals surface area contributed by atoms with Crippen molar-refractivity contribution in [3.05, 3.63) is 70.5 Å². The number of hydrogen-bond acceptors (Lipinski definition) is 1. The number of halogens is 1. The average Bonchev–Trinajstić information content (AvgIpc) is 2.69. The molecule has 0 aromatic heterocycles. The molecule has 0 heterocycles. The van der Waals surface area contributed by atoms with Gasteiger partial charge in [0.15, 0.2) is 0 Å². The molecule has 0 bridgehead atoms. The second-order valence-electron chi connectivity index (χ2n) is 5.11. The predicted molar refractivity (Wildman–Crippen MR) is 68.9 cm³/mol. The number of rotatable bonds is 1. The molecule has 1 aliphatic carbocycles. The van der Waals surface area contributed by atoms with Crippen LogP contribution in [0.3, 0.4) is 0 Å². The normalized spacial score (nSPS) is 16.6. The largest absolute Gasteiger partial charge is 0.384 e. The first kappa shape index (κ1) is 11.4. The van der Waals surface area contributed by atoms with E-state index in [1.807, 2.05) is 31.2 Å². The lowest BCUT2D eigenvalue weighted by Gasteiger charge is -2.25. The van der Waals surface area contributed by atoms with Crippen LogP contribution in [0.2, 0.25) is 0 Å². The van der Waals surface area contributed by atoms with Crippen molar-refractivity contribution in [3.8, 4) is 0 Å². The van der Waals surface area contributed by atoms with Crippen LogP contribution in [0.15, 0.2) is 42.5 Å². The second kappa shape index (κ2) is 3.92. The number of benzene rings is 2. The van der Waals surface area contributed by atoms with Gasteiger partial charge in [-0.25, -0.2) is 4.39 Å². The Labute approximate surface area is 106 Å². The fraction of sp³-hybridized carbons (Fsp3) is 0.250. The van der Waals surface area contributed by atoms with Crippen LogP contribution in [0, 0.1) is 12.7 Å². The molecule has 3 rings (SSSR count). The molecule has 92 valence electrons. The van der Waals surface area contributed by atoms with Gasteiger partial charge >= 0.3 is 0 Å². The molecule has 2 aromatic rings. The molecule has 1 aliphatic rings. The molecule has 0 fully saturated rings. The van der Waals surface area contributed by atoms with Crippen LogP contribution in [0.25, 0.3) is 0 Å². The Bertz CT molecular complexity index is 579. The lowest BCUT2D eigenvalue weighted by atomic mass is 9.87. The van der Waals surface area contributed by atoms with E-state index in [1.54, 1.807) is 6.07 Å². The van der Waals surface area contributed by atoms with Gasteiger partial charge in [-0.2, -0.15) is 0 Å². The molecule has 0 aliphatic heterocycles. The van der Waals surface area contributed by atoms with Gasteiger partial charge in [0.2, 0.25) is 0 Å². The van der Waals surface area contributed by atoms with E-state index in [4.69, 9.17) is 0 Å². The highest BCUT2D eigenvalue weighted by Gasteiger charge is 2.37. The standard InChI is InChI=1S/C16H15FO/c1-11-6-7-14(17)8-15(11)16(18)9-12-4-2-3-5-13(12)10-16/h2-8,18H,9-10H2,1H3. The van der Waals surface area contributed by atoms with Crippen LogP contribution >= 0.6 is 0 Å². The third-order valence-electron chi connectivity index (χ3n) is 3.79. The molecule has 0 atom stereocenters. The zero-order chi connectivity index (χ0) is 12.8. The van der Waals surface area contributed by atoms with Crippen LogP contribution < -0.4 is 0 Å². The summed E-state index contributed by atoms with van der Waals surface area (Å²) in [5, 5.41) is 10.8. The molecular formula is C16H15FO. The van der Waals surface area contributed by atoms with E-state index in [2.05, 4.69) is 0 Å². The van der Waals surface area contributed by atoms with Crippen molar-refractivity contribution in [1.82, 2.24) is 0 Å². The van der Waals surface area contributed by atoms with Crippen molar-refractivity contribution in [2.24, 2.45) is 0 Å². The Morgan fingerprint density at radius 1 is 1.06 bits per heavy atom. The number of aryl methyl sites for hydroxylation is 1. The lowest BCUT2D eigenvalue weighted by Crippen LogP contribution is -2.27. The van der Waals surface area contributed by atoms with Gasteiger partial charge in [0, 0.05) is 12.8 Å². The Balaban J connectivity index is 2.06. The minimum absolute atomic E-state index is 0.292. The Kier molecular flexibility index (Phi) is 2.49. The minimum Gasteiger partial charge on any atom is -0.384 e. The highest BCUT2D eigenvalue weighted by molar-refractivity contribution is 5.42. The van der Waals surface area contributed by atoms with Gasteiger partial charge in [-0.05, 0) is 41.3 Å². The summed E-state index contributed by atoms with van der Waals surface area (Å²) < 4.78 is 13.4. The molecule has 0 amide bonds. The maximum atomic E-state index is 13.4. The van der Waals surface area contributed by atoms with Crippen LogP contribution in [0.1, 0.15) is 22.3 Å². The van der Waals surface area contributed by atoms with Crippen LogP contribution in [0.4, 0.5) is 4.39 Å². The van der Waals surface area contributed by atoms with Gasteiger partial charge in [-0.15, -0.1) is 0 Å². The van der Waals surface area contributed by atoms with Gasteiger partial charge in [0.05, 0.1) is 5.60 Å². The molecule has 0 saturated carbocycles. The summed E-state index contributed by atoms with van der Waals surface area (Å²) >= 11 is 0. The molecule has 18 heavy (non-hydrogen) atoms. The van der Waals surface area contributed by atoms with Crippen LogP contribution in [-0.2, 0) is 18.4 Å². The molecule has 0 radical (unpaired) electrons. The predicted octanol–water partition coefficient (Wildman–Crippen LogP) is 3.12. The summed E-state index contributed by atoms with van der Waals surface area (Å²) in [6, 6.07) is 12.6. The Morgan fingerprint density at radius 2 is 1.67 bits per heavy atom. The van der Waals surface area contributed by atoms with Gasteiger partial charge in [-0.3, -0.25) is 0 Å². The topological polar surface area (TPSA) is 20.2 Å². The SMILES string of the molecule is Cc1ccc(F)cc1C1(O)Cc2ccccc2C1. The maximum Gasteiger partial charge on any atom is 0.123 e. The maximum absolute atomic E-state index is 13.4. The van der Waals surface area contributed by atoms with Gasteiger partial charge in [0.1, 0.15) is 5.82 Å². The first-order valence-electron chi connectivity index (χ1n) is 6.14. The quantitative estimate of drug-likeness (QED) is 0.814. The molecule has 1 nitrogen and oxygen atoms in total. The third kappa shape index (κ3) is 1.73. The van der Waals surface area contributed by atoms with E-state index in [1.165, 1.54) is 12.1 Å². The van der Waals surface area contributed by atoms with E-state index in [-0.39, 0.29) is 5.82 Å². The minimum atomic E-state index is -0.962. The lowest BCUT2D eigenvalue weighted by molar-refractivity contribution is 0.0472. The van der Waals surface area contributed by atoms with E-state index in [0.29, 0.717) is 18.4 Å². The van der Waals surface area contributed by atoms with Gasteiger partial charge in [0.25, 0.3) is 0 Å². The van der Waals surface area contributed by atoms with Crippen molar-refractivity contribution in [2.45, 2.75) is 25.4 Å². The summed E-state index contributed by atoms with van der Waals surface area (Å²) in [6.45, 7) is 1.91.